The molecule has 19 heavy (non-hydrogen) atoms. The minimum atomic E-state index is -0.0568. The van der Waals surface area contributed by atoms with Crippen LogP contribution >= 0.6 is 0 Å². The Hall–Kier alpha value is -2.16. The fourth-order valence-electron chi connectivity index (χ4n) is 1.73. The van der Waals surface area contributed by atoms with Crippen LogP contribution in [0.25, 0.3) is 0 Å². The van der Waals surface area contributed by atoms with Gasteiger partial charge in [-0.1, -0.05) is 24.8 Å². The maximum absolute atomic E-state index is 12.5. The molecular weight excluding hydrogens is 236 g/mol. The van der Waals surface area contributed by atoms with Gasteiger partial charge in [0.15, 0.2) is 0 Å². The Kier molecular flexibility index (Phi) is 5.24. The molecule has 0 aliphatic heterocycles. The summed E-state index contributed by atoms with van der Waals surface area (Å²) >= 11 is 0. The maximum atomic E-state index is 12.5. The van der Waals surface area contributed by atoms with E-state index in [0.29, 0.717) is 11.3 Å². The van der Waals surface area contributed by atoms with E-state index in [9.17, 15) is 4.79 Å². The summed E-state index contributed by atoms with van der Waals surface area (Å²) in [4.78, 5) is 18.1. The van der Waals surface area contributed by atoms with Crippen LogP contribution in [0.4, 0.5) is 0 Å². The smallest absolute Gasteiger partial charge is 0.258 e. The third-order valence-corrected chi connectivity index (χ3v) is 2.82. The molecule has 0 fully saturated rings. The SMILES string of the molecule is C=C(C)/C(=C\N=CC)N(C)C(=O)c1ccccc1C. The van der Waals surface area contributed by atoms with E-state index >= 15 is 0 Å². The number of hydrogen-bond donors (Lipinski definition) is 0. The summed E-state index contributed by atoms with van der Waals surface area (Å²) in [6.07, 6.45) is 3.33. The molecule has 0 aliphatic rings. The number of hydrogen-bond acceptors (Lipinski definition) is 2. The van der Waals surface area contributed by atoms with Gasteiger partial charge in [0, 0.05) is 18.8 Å². The van der Waals surface area contributed by atoms with Gasteiger partial charge in [-0.05, 0) is 38.0 Å². The quantitative estimate of drug-likeness (QED) is 0.598. The van der Waals surface area contributed by atoms with Crippen LogP contribution in [0.5, 0.6) is 0 Å². The van der Waals surface area contributed by atoms with Crippen molar-refractivity contribution < 1.29 is 4.79 Å². The Labute approximate surface area is 115 Å². The molecule has 0 aliphatic carbocycles. The molecule has 1 aromatic carbocycles. The van der Waals surface area contributed by atoms with Gasteiger partial charge in [-0.15, -0.1) is 0 Å². The van der Waals surface area contributed by atoms with E-state index in [1.165, 1.54) is 0 Å². The highest BCUT2D eigenvalue weighted by Gasteiger charge is 2.17. The Morgan fingerprint density at radius 1 is 1.37 bits per heavy atom. The second-order valence-corrected chi connectivity index (χ2v) is 4.38. The summed E-state index contributed by atoms with van der Waals surface area (Å²) in [5.74, 6) is -0.0568. The van der Waals surface area contributed by atoms with Crippen molar-refractivity contribution in [1.82, 2.24) is 4.90 Å². The monoisotopic (exact) mass is 256 g/mol. The molecule has 0 radical (unpaired) electrons. The van der Waals surface area contributed by atoms with Gasteiger partial charge in [0.25, 0.3) is 5.91 Å². The number of carbonyl (C=O) groups excluding carboxylic acids is 1. The highest BCUT2D eigenvalue weighted by Crippen LogP contribution is 2.17. The van der Waals surface area contributed by atoms with Crippen LogP contribution in [0.1, 0.15) is 29.8 Å². The number of aryl methyl sites for hydroxylation is 1. The first-order valence-corrected chi connectivity index (χ1v) is 6.16. The normalized spacial score (nSPS) is 11.7. The van der Waals surface area contributed by atoms with Gasteiger partial charge in [-0.3, -0.25) is 9.79 Å². The van der Waals surface area contributed by atoms with Gasteiger partial charge in [-0.2, -0.15) is 0 Å². The van der Waals surface area contributed by atoms with Crippen molar-refractivity contribution in [1.29, 1.82) is 0 Å². The molecule has 1 aromatic rings. The van der Waals surface area contributed by atoms with Crippen LogP contribution in [-0.4, -0.2) is 24.1 Å². The molecule has 0 aromatic heterocycles. The van der Waals surface area contributed by atoms with E-state index in [1.54, 1.807) is 24.4 Å². The van der Waals surface area contributed by atoms with Gasteiger partial charge in [0.05, 0.1) is 11.9 Å². The molecule has 0 saturated heterocycles. The zero-order valence-electron chi connectivity index (χ0n) is 12.0. The third kappa shape index (κ3) is 3.65. The average molecular weight is 256 g/mol. The first-order chi connectivity index (χ1) is 8.99. The number of aliphatic imine (C=N–C) groups is 1. The molecule has 100 valence electrons. The zero-order chi connectivity index (χ0) is 14.4. The van der Waals surface area contributed by atoms with Crippen LogP contribution in [0.2, 0.25) is 0 Å². The second kappa shape index (κ2) is 6.69. The Bertz CT molecular complexity index is 541. The van der Waals surface area contributed by atoms with Crippen molar-refractivity contribution in [3.63, 3.8) is 0 Å². The Balaban J connectivity index is 3.11. The first kappa shape index (κ1) is 14.9. The number of amides is 1. The van der Waals surface area contributed by atoms with E-state index < -0.39 is 0 Å². The van der Waals surface area contributed by atoms with E-state index in [2.05, 4.69) is 11.6 Å². The lowest BCUT2D eigenvalue weighted by Crippen LogP contribution is -2.27. The highest BCUT2D eigenvalue weighted by atomic mass is 16.2. The standard InChI is InChI=1S/C16H20N2O/c1-6-17-11-15(12(2)3)18(5)16(19)14-10-8-7-9-13(14)4/h6-11H,2H2,1,3-5H3/b15-11+,17-6?. The molecule has 0 bridgehead atoms. The molecular formula is C16H20N2O. The minimum absolute atomic E-state index is 0.0568. The summed E-state index contributed by atoms with van der Waals surface area (Å²) in [6.45, 7) is 9.51. The highest BCUT2D eigenvalue weighted by molar-refractivity contribution is 5.96. The van der Waals surface area contributed by atoms with Crippen LogP contribution in [0.15, 0.2) is 53.3 Å². The van der Waals surface area contributed by atoms with Gasteiger partial charge in [0.2, 0.25) is 0 Å². The zero-order valence-corrected chi connectivity index (χ0v) is 12.0. The molecule has 0 atom stereocenters. The summed E-state index contributed by atoms with van der Waals surface area (Å²) in [5.41, 5.74) is 3.17. The van der Waals surface area contributed by atoms with E-state index in [0.717, 1.165) is 11.1 Å². The Morgan fingerprint density at radius 2 is 2.00 bits per heavy atom. The van der Waals surface area contributed by atoms with Gasteiger partial charge in [0.1, 0.15) is 0 Å². The number of allylic oxidation sites excluding steroid dienone is 1. The van der Waals surface area contributed by atoms with E-state index in [4.69, 9.17) is 0 Å². The number of rotatable bonds is 4. The lowest BCUT2D eigenvalue weighted by Gasteiger charge is -2.21. The topological polar surface area (TPSA) is 32.7 Å². The molecule has 1 amide bonds. The van der Waals surface area contributed by atoms with Crippen molar-refractivity contribution in [3.8, 4) is 0 Å². The molecule has 3 nitrogen and oxygen atoms in total. The van der Waals surface area contributed by atoms with Crippen LogP contribution in [0.3, 0.4) is 0 Å². The van der Waals surface area contributed by atoms with Gasteiger partial charge >= 0.3 is 0 Å². The van der Waals surface area contributed by atoms with Crippen molar-refractivity contribution >= 4 is 12.1 Å². The van der Waals surface area contributed by atoms with Crippen molar-refractivity contribution in [2.75, 3.05) is 7.05 Å². The second-order valence-electron chi connectivity index (χ2n) is 4.38. The molecule has 1 rings (SSSR count). The van der Waals surface area contributed by atoms with Crippen LogP contribution in [-0.2, 0) is 0 Å². The summed E-state index contributed by atoms with van der Waals surface area (Å²) in [7, 11) is 1.74. The molecule has 0 N–H and O–H groups in total. The summed E-state index contributed by atoms with van der Waals surface area (Å²) in [5, 5.41) is 0. The predicted octanol–water partition coefficient (Wildman–Crippen LogP) is 3.58. The van der Waals surface area contributed by atoms with E-state index in [1.807, 2.05) is 45.0 Å². The van der Waals surface area contributed by atoms with Crippen molar-refractivity contribution in [2.45, 2.75) is 20.8 Å². The number of likely N-dealkylation sites (N-methyl/N-ethyl adjacent to an activating group) is 1. The van der Waals surface area contributed by atoms with Crippen LogP contribution < -0.4 is 0 Å². The van der Waals surface area contributed by atoms with Crippen molar-refractivity contribution in [2.24, 2.45) is 4.99 Å². The largest absolute Gasteiger partial charge is 0.310 e. The summed E-state index contributed by atoms with van der Waals surface area (Å²) in [6, 6.07) is 7.54. The van der Waals surface area contributed by atoms with Crippen molar-refractivity contribution in [3.05, 3.63) is 59.4 Å². The molecule has 0 unspecified atom stereocenters. The minimum Gasteiger partial charge on any atom is -0.310 e. The maximum Gasteiger partial charge on any atom is 0.258 e. The molecule has 0 heterocycles. The lowest BCUT2D eigenvalue weighted by atomic mass is 10.1. The summed E-state index contributed by atoms with van der Waals surface area (Å²) < 4.78 is 0. The molecule has 0 saturated carbocycles. The number of carbonyl (C=O) groups is 1. The molecule has 3 heteroatoms. The number of benzene rings is 1. The Morgan fingerprint density at radius 3 is 2.53 bits per heavy atom. The van der Waals surface area contributed by atoms with Crippen LogP contribution in [0, 0.1) is 6.92 Å². The first-order valence-electron chi connectivity index (χ1n) is 6.16. The molecule has 0 spiro atoms. The van der Waals surface area contributed by atoms with Gasteiger partial charge < -0.3 is 4.90 Å². The fourth-order valence-corrected chi connectivity index (χ4v) is 1.73. The fraction of sp³-hybridized carbons (Fsp3) is 0.250. The third-order valence-electron chi connectivity index (χ3n) is 2.82. The van der Waals surface area contributed by atoms with E-state index in [-0.39, 0.29) is 5.91 Å². The van der Waals surface area contributed by atoms with Gasteiger partial charge in [-0.25, -0.2) is 0 Å². The lowest BCUT2D eigenvalue weighted by molar-refractivity contribution is 0.0838. The predicted molar refractivity (Wildman–Crippen MR) is 80.3 cm³/mol. The number of nitrogens with zero attached hydrogens (tertiary/aromatic N) is 2. The average Bonchev–Trinajstić information content (AvgIpc) is 2.38.